The summed E-state index contributed by atoms with van der Waals surface area (Å²) in [4.78, 5) is 16.7. The monoisotopic (exact) mass is 480 g/mol. The molecule has 0 fully saturated rings. The van der Waals surface area contributed by atoms with Gasteiger partial charge in [-0.1, -0.05) is 47.5 Å². The average Bonchev–Trinajstić information content (AvgIpc) is 3.34. The molecule has 0 aliphatic carbocycles. The van der Waals surface area contributed by atoms with Gasteiger partial charge in [0.1, 0.15) is 4.90 Å². The molecule has 33 heavy (non-hydrogen) atoms. The van der Waals surface area contributed by atoms with Crippen LogP contribution in [0.2, 0.25) is 5.02 Å². The summed E-state index contributed by atoms with van der Waals surface area (Å²) >= 11 is 6.17. The van der Waals surface area contributed by atoms with Crippen molar-refractivity contribution in [1.82, 2.24) is 14.9 Å². The fraction of sp³-hybridized carbons (Fsp3) is 0.0833. The lowest BCUT2D eigenvalue weighted by molar-refractivity contribution is 0.0950. The lowest BCUT2D eigenvalue weighted by Gasteiger charge is -2.13. The van der Waals surface area contributed by atoms with Crippen molar-refractivity contribution in [3.8, 4) is 5.69 Å². The number of amides is 1. The van der Waals surface area contributed by atoms with Crippen molar-refractivity contribution in [3.05, 3.63) is 107 Å². The van der Waals surface area contributed by atoms with Crippen LogP contribution in [0.3, 0.4) is 0 Å². The fourth-order valence-electron chi connectivity index (χ4n) is 3.27. The van der Waals surface area contributed by atoms with Gasteiger partial charge in [0.2, 0.25) is 0 Å². The van der Waals surface area contributed by atoms with Gasteiger partial charge in [0, 0.05) is 30.2 Å². The van der Waals surface area contributed by atoms with Crippen LogP contribution in [0, 0.1) is 6.92 Å². The maximum Gasteiger partial charge on any atom is 0.263 e. The van der Waals surface area contributed by atoms with E-state index in [1.165, 1.54) is 18.2 Å². The van der Waals surface area contributed by atoms with Gasteiger partial charge in [0.15, 0.2) is 0 Å². The van der Waals surface area contributed by atoms with Gasteiger partial charge in [0.25, 0.3) is 15.9 Å². The van der Waals surface area contributed by atoms with Crippen molar-refractivity contribution in [3.63, 3.8) is 0 Å². The van der Waals surface area contributed by atoms with Crippen LogP contribution in [0.5, 0.6) is 0 Å². The Balaban J connectivity index is 1.53. The number of carbonyl (C=O) groups is 1. The first kappa shape index (κ1) is 22.6. The summed E-state index contributed by atoms with van der Waals surface area (Å²) in [6, 6.07) is 18.7. The molecule has 4 aromatic rings. The minimum Gasteiger partial charge on any atom is -0.348 e. The molecule has 1 heterocycles. The Kier molecular flexibility index (Phi) is 6.48. The molecular formula is C24H21ClN4O3S. The molecule has 9 heteroatoms. The average molecular weight is 481 g/mol. The molecule has 0 atom stereocenters. The van der Waals surface area contributed by atoms with Crippen molar-refractivity contribution in [2.75, 3.05) is 4.72 Å². The standard InChI is InChI=1S/C24H21ClN4O3S/c1-17-6-9-20(10-7-17)28-33(31,32)23-14-18(8-11-21(23)25)24(30)27-15-19-4-2-3-5-22(19)29-13-12-26-16-29/h2-14,16,28H,15H2,1H3,(H,27,30). The normalized spacial score (nSPS) is 11.2. The van der Waals surface area contributed by atoms with Crippen LogP contribution in [-0.2, 0) is 16.6 Å². The Labute approximate surface area is 197 Å². The minimum absolute atomic E-state index is 0.0246. The zero-order valence-corrected chi connectivity index (χ0v) is 19.3. The second-order valence-electron chi connectivity index (χ2n) is 7.40. The van der Waals surface area contributed by atoms with E-state index in [2.05, 4.69) is 15.0 Å². The summed E-state index contributed by atoms with van der Waals surface area (Å²) in [5.74, 6) is -0.418. The summed E-state index contributed by atoms with van der Waals surface area (Å²) in [5.41, 5.74) is 3.36. The maximum atomic E-state index is 12.9. The number of hydrogen-bond donors (Lipinski definition) is 2. The highest BCUT2D eigenvalue weighted by Gasteiger charge is 2.20. The lowest BCUT2D eigenvalue weighted by Crippen LogP contribution is -2.24. The second-order valence-corrected chi connectivity index (χ2v) is 9.46. The Bertz CT molecular complexity index is 1390. The summed E-state index contributed by atoms with van der Waals surface area (Å²) in [6.07, 6.45) is 5.17. The van der Waals surface area contributed by atoms with Crippen LogP contribution in [0.15, 0.2) is 90.3 Å². The third-order valence-corrected chi connectivity index (χ3v) is 6.86. The predicted octanol–water partition coefficient (Wildman–Crippen LogP) is 4.56. The number of sulfonamides is 1. The van der Waals surface area contributed by atoms with Crippen LogP contribution in [-0.4, -0.2) is 23.9 Å². The Morgan fingerprint density at radius 2 is 1.82 bits per heavy atom. The smallest absolute Gasteiger partial charge is 0.263 e. The highest BCUT2D eigenvalue weighted by atomic mass is 35.5. The van der Waals surface area contributed by atoms with Gasteiger partial charge in [-0.2, -0.15) is 0 Å². The number of rotatable bonds is 7. The van der Waals surface area contributed by atoms with Crippen molar-refractivity contribution in [2.24, 2.45) is 0 Å². The third kappa shape index (κ3) is 5.24. The summed E-state index contributed by atoms with van der Waals surface area (Å²) in [7, 11) is -3.99. The second kappa shape index (κ2) is 9.48. The number of para-hydroxylation sites is 1. The van der Waals surface area contributed by atoms with E-state index in [1.54, 1.807) is 36.8 Å². The van der Waals surface area contributed by atoms with E-state index in [0.29, 0.717) is 5.69 Å². The number of carbonyl (C=O) groups excluding carboxylic acids is 1. The van der Waals surface area contributed by atoms with Gasteiger partial charge in [0.05, 0.1) is 17.0 Å². The highest BCUT2D eigenvalue weighted by Crippen LogP contribution is 2.25. The number of anilines is 1. The van der Waals surface area contributed by atoms with Gasteiger partial charge in [-0.25, -0.2) is 13.4 Å². The molecule has 0 unspecified atom stereocenters. The maximum absolute atomic E-state index is 12.9. The van der Waals surface area contributed by atoms with E-state index in [-0.39, 0.29) is 22.0 Å². The van der Waals surface area contributed by atoms with E-state index in [4.69, 9.17) is 11.6 Å². The highest BCUT2D eigenvalue weighted by molar-refractivity contribution is 7.92. The van der Waals surface area contributed by atoms with E-state index < -0.39 is 15.9 Å². The van der Waals surface area contributed by atoms with E-state index in [1.807, 2.05) is 42.0 Å². The number of imidazole rings is 1. The molecule has 0 spiro atoms. The molecule has 0 saturated heterocycles. The molecule has 0 saturated carbocycles. The molecule has 0 bridgehead atoms. The fourth-order valence-corrected chi connectivity index (χ4v) is 4.86. The first-order valence-corrected chi connectivity index (χ1v) is 11.9. The summed E-state index contributed by atoms with van der Waals surface area (Å²) < 4.78 is 30.2. The van der Waals surface area contributed by atoms with Crippen LogP contribution in [0.25, 0.3) is 5.69 Å². The van der Waals surface area contributed by atoms with Crippen LogP contribution >= 0.6 is 11.6 Å². The van der Waals surface area contributed by atoms with Crippen molar-refractivity contribution >= 4 is 33.2 Å². The molecule has 0 radical (unpaired) electrons. The van der Waals surface area contributed by atoms with Gasteiger partial charge in [-0.05, 0) is 48.9 Å². The Morgan fingerprint density at radius 3 is 2.55 bits per heavy atom. The molecule has 7 nitrogen and oxygen atoms in total. The number of halogens is 1. The lowest BCUT2D eigenvalue weighted by atomic mass is 10.1. The van der Waals surface area contributed by atoms with Gasteiger partial charge >= 0.3 is 0 Å². The van der Waals surface area contributed by atoms with Gasteiger partial charge < -0.3 is 9.88 Å². The first-order valence-electron chi connectivity index (χ1n) is 10.1. The molecular weight excluding hydrogens is 460 g/mol. The van der Waals surface area contributed by atoms with Gasteiger partial charge in [-0.15, -0.1) is 0 Å². The quantitative estimate of drug-likeness (QED) is 0.405. The van der Waals surface area contributed by atoms with Crippen molar-refractivity contribution in [1.29, 1.82) is 0 Å². The number of nitrogens with one attached hydrogen (secondary N) is 2. The summed E-state index contributed by atoms with van der Waals surface area (Å²) in [5, 5.41) is 2.87. The van der Waals surface area contributed by atoms with Crippen LogP contribution in [0.4, 0.5) is 5.69 Å². The number of aryl methyl sites for hydroxylation is 1. The summed E-state index contributed by atoms with van der Waals surface area (Å²) in [6.45, 7) is 2.16. The SMILES string of the molecule is Cc1ccc(NS(=O)(=O)c2cc(C(=O)NCc3ccccc3-n3ccnc3)ccc2Cl)cc1. The van der Waals surface area contributed by atoms with Crippen molar-refractivity contribution in [2.45, 2.75) is 18.4 Å². The predicted molar refractivity (Wildman–Crippen MR) is 128 cm³/mol. The Hall–Kier alpha value is -3.62. The number of benzene rings is 3. The zero-order valence-electron chi connectivity index (χ0n) is 17.7. The van der Waals surface area contributed by atoms with E-state index in [9.17, 15) is 13.2 Å². The van der Waals surface area contributed by atoms with Crippen LogP contribution < -0.4 is 10.0 Å². The van der Waals surface area contributed by atoms with E-state index in [0.717, 1.165) is 16.8 Å². The molecule has 1 aromatic heterocycles. The number of nitrogens with zero attached hydrogens (tertiary/aromatic N) is 2. The third-order valence-electron chi connectivity index (χ3n) is 5.00. The van der Waals surface area contributed by atoms with Gasteiger partial charge in [-0.3, -0.25) is 9.52 Å². The van der Waals surface area contributed by atoms with E-state index >= 15 is 0 Å². The Morgan fingerprint density at radius 1 is 1.06 bits per heavy atom. The zero-order chi connectivity index (χ0) is 23.4. The topological polar surface area (TPSA) is 93.1 Å². The molecule has 4 rings (SSSR count). The molecule has 2 N–H and O–H groups in total. The largest absolute Gasteiger partial charge is 0.348 e. The molecule has 1 amide bonds. The molecule has 168 valence electrons. The van der Waals surface area contributed by atoms with Crippen LogP contribution in [0.1, 0.15) is 21.5 Å². The minimum atomic E-state index is -3.99. The number of aromatic nitrogens is 2. The molecule has 3 aromatic carbocycles. The number of hydrogen-bond acceptors (Lipinski definition) is 4. The molecule has 0 aliphatic rings. The first-order chi connectivity index (χ1) is 15.8. The van der Waals surface area contributed by atoms with Crippen molar-refractivity contribution < 1.29 is 13.2 Å². The molecule has 0 aliphatic heterocycles.